The molecule has 1 N–H and O–H groups in total. The molecule has 1 saturated carbocycles. The normalized spacial score (nSPS) is 18.7. The van der Waals surface area contributed by atoms with Gasteiger partial charge in [0.2, 0.25) is 0 Å². The second kappa shape index (κ2) is 9.96. The molecule has 0 aliphatic heterocycles. The van der Waals surface area contributed by atoms with Gasteiger partial charge in [-0.15, -0.1) is 0 Å². The van der Waals surface area contributed by atoms with Crippen LogP contribution in [0.15, 0.2) is 30.5 Å². The van der Waals surface area contributed by atoms with Gasteiger partial charge in [-0.25, -0.2) is 4.98 Å². The first kappa shape index (κ1) is 23.9. The van der Waals surface area contributed by atoms with Gasteiger partial charge in [-0.1, -0.05) is 23.2 Å². The molecule has 33 heavy (non-hydrogen) atoms. The van der Waals surface area contributed by atoms with Crippen molar-refractivity contribution in [3.8, 4) is 17.0 Å². The lowest BCUT2D eigenvalue weighted by atomic mass is 9.78. The van der Waals surface area contributed by atoms with Crippen LogP contribution in [0.2, 0.25) is 10.0 Å². The van der Waals surface area contributed by atoms with Gasteiger partial charge in [0.25, 0.3) is 0 Å². The first-order valence-electron chi connectivity index (χ1n) is 11.4. The minimum absolute atomic E-state index is 0.00335. The van der Waals surface area contributed by atoms with Crippen LogP contribution in [0, 0.1) is 11.8 Å². The van der Waals surface area contributed by atoms with Gasteiger partial charge in [0.1, 0.15) is 0 Å². The summed E-state index contributed by atoms with van der Waals surface area (Å²) in [5.41, 5.74) is 4.50. The van der Waals surface area contributed by atoms with Crippen LogP contribution in [0.5, 0.6) is 5.75 Å². The molecule has 1 aliphatic rings. The van der Waals surface area contributed by atoms with Crippen molar-refractivity contribution in [2.24, 2.45) is 11.8 Å². The number of carbonyl (C=O) groups excluding carboxylic acids is 1. The number of phenols is 1. The van der Waals surface area contributed by atoms with E-state index in [1.54, 1.807) is 25.3 Å². The summed E-state index contributed by atoms with van der Waals surface area (Å²) in [7, 11) is 4.26. The monoisotopic (exact) mass is 485 g/mol. The van der Waals surface area contributed by atoms with E-state index in [0.29, 0.717) is 22.7 Å². The Morgan fingerprint density at radius 2 is 1.73 bits per heavy atom. The molecule has 0 bridgehead atoms. The minimum Gasteiger partial charge on any atom is -0.505 e. The molecule has 2 aromatic heterocycles. The number of rotatable bonds is 6. The number of Topliss-reactive ketones (excluding diaryl/α,β-unsaturated/α-hetero) is 1. The van der Waals surface area contributed by atoms with Crippen molar-refractivity contribution in [3.05, 3.63) is 51.6 Å². The Hall–Kier alpha value is -2.21. The highest BCUT2D eigenvalue weighted by molar-refractivity contribution is 6.37. The van der Waals surface area contributed by atoms with Crippen molar-refractivity contribution in [1.29, 1.82) is 0 Å². The third-order valence-electron chi connectivity index (χ3n) is 6.59. The average Bonchev–Trinajstić information content (AvgIpc) is 2.77. The van der Waals surface area contributed by atoms with Gasteiger partial charge in [0.15, 0.2) is 11.5 Å². The molecule has 1 aromatic carbocycles. The lowest BCUT2D eigenvalue weighted by Crippen LogP contribution is -2.26. The maximum atomic E-state index is 12.5. The van der Waals surface area contributed by atoms with Crippen LogP contribution in [-0.4, -0.2) is 46.4 Å². The van der Waals surface area contributed by atoms with Crippen molar-refractivity contribution < 1.29 is 9.90 Å². The van der Waals surface area contributed by atoms with E-state index in [1.165, 1.54) is 12.8 Å². The van der Waals surface area contributed by atoms with Crippen molar-refractivity contribution in [2.45, 2.75) is 39.0 Å². The Bertz CT molecular complexity index is 1160. The molecular formula is C26H29Cl2N3O2. The zero-order valence-electron chi connectivity index (χ0n) is 19.2. The molecule has 0 unspecified atom stereocenters. The van der Waals surface area contributed by atoms with Gasteiger partial charge >= 0.3 is 0 Å². The maximum Gasteiger partial charge on any atom is 0.161 e. The number of aromatic hydroxyl groups is 1. The Kier molecular flexibility index (Phi) is 7.22. The van der Waals surface area contributed by atoms with Crippen LogP contribution in [-0.2, 0) is 6.42 Å². The summed E-state index contributed by atoms with van der Waals surface area (Å²) >= 11 is 12.3. The van der Waals surface area contributed by atoms with Crippen molar-refractivity contribution in [3.63, 3.8) is 0 Å². The molecular weight excluding hydrogens is 457 g/mol. The number of ketones is 1. The van der Waals surface area contributed by atoms with Gasteiger partial charge < -0.3 is 10.0 Å². The summed E-state index contributed by atoms with van der Waals surface area (Å²) in [4.78, 5) is 24.1. The third kappa shape index (κ3) is 5.32. The quantitative estimate of drug-likeness (QED) is 0.407. The molecule has 1 aliphatic carbocycles. The van der Waals surface area contributed by atoms with E-state index in [9.17, 15) is 9.90 Å². The van der Waals surface area contributed by atoms with E-state index >= 15 is 0 Å². The van der Waals surface area contributed by atoms with Crippen LogP contribution < -0.4 is 0 Å². The smallest absolute Gasteiger partial charge is 0.161 e. The molecule has 0 atom stereocenters. The van der Waals surface area contributed by atoms with Crippen LogP contribution in [0.25, 0.3) is 22.3 Å². The third-order valence-corrected chi connectivity index (χ3v) is 7.17. The number of aromatic nitrogens is 2. The number of hydrogen-bond acceptors (Lipinski definition) is 5. The predicted octanol–water partition coefficient (Wildman–Crippen LogP) is 6.42. The SMILES string of the molecule is CC(=O)c1cnc2ccc(-c3cc(Cl)c(O)c(Cl)c3)nc2c1CC1CCC(CN(C)C)CC1. The summed E-state index contributed by atoms with van der Waals surface area (Å²) in [6, 6.07) is 7.06. The second-order valence-electron chi connectivity index (χ2n) is 9.41. The first-order valence-corrected chi connectivity index (χ1v) is 12.1. The number of benzene rings is 1. The summed E-state index contributed by atoms with van der Waals surface area (Å²) in [5, 5.41) is 10.2. The molecule has 0 spiro atoms. The Morgan fingerprint density at radius 1 is 1.09 bits per heavy atom. The molecule has 0 radical (unpaired) electrons. The van der Waals surface area contributed by atoms with Gasteiger partial charge in [-0.2, -0.15) is 0 Å². The van der Waals surface area contributed by atoms with E-state index in [1.807, 2.05) is 12.1 Å². The van der Waals surface area contributed by atoms with Crippen molar-refractivity contribution >= 4 is 40.0 Å². The molecule has 7 heteroatoms. The van der Waals surface area contributed by atoms with Gasteiger partial charge in [0.05, 0.1) is 26.8 Å². The highest BCUT2D eigenvalue weighted by Crippen LogP contribution is 2.37. The Balaban J connectivity index is 1.71. The van der Waals surface area contributed by atoms with E-state index in [0.717, 1.165) is 48.3 Å². The topological polar surface area (TPSA) is 66.3 Å². The number of pyridine rings is 2. The molecule has 174 valence electrons. The Labute approximate surface area is 204 Å². The number of fused-ring (bicyclic) bond motifs is 1. The minimum atomic E-state index is -0.144. The van der Waals surface area contributed by atoms with Gasteiger partial charge in [0, 0.05) is 23.9 Å². The van der Waals surface area contributed by atoms with Crippen LogP contribution in [0.3, 0.4) is 0 Å². The number of carbonyl (C=O) groups is 1. The first-order chi connectivity index (χ1) is 15.7. The highest BCUT2D eigenvalue weighted by Gasteiger charge is 2.25. The Morgan fingerprint density at radius 3 is 2.33 bits per heavy atom. The van der Waals surface area contributed by atoms with Gasteiger partial charge in [-0.3, -0.25) is 9.78 Å². The van der Waals surface area contributed by atoms with E-state index in [-0.39, 0.29) is 21.6 Å². The molecule has 5 nitrogen and oxygen atoms in total. The summed E-state index contributed by atoms with van der Waals surface area (Å²) in [6.07, 6.45) is 7.24. The largest absolute Gasteiger partial charge is 0.505 e. The van der Waals surface area contributed by atoms with E-state index in [2.05, 4.69) is 24.0 Å². The van der Waals surface area contributed by atoms with E-state index < -0.39 is 0 Å². The predicted molar refractivity (Wildman–Crippen MR) is 134 cm³/mol. The highest BCUT2D eigenvalue weighted by atomic mass is 35.5. The fourth-order valence-corrected chi connectivity index (χ4v) is 5.41. The number of phenolic OH excluding ortho intramolecular Hbond substituents is 1. The fourth-order valence-electron chi connectivity index (χ4n) is 4.93. The standard InChI is InChI=1S/C26H29Cl2N3O2/c1-15(32)20-13-29-24-9-8-23(18-11-21(27)26(33)22(28)12-18)30-25(24)19(20)10-16-4-6-17(7-5-16)14-31(2)3/h8-9,11-13,16-17,33H,4-7,10,14H2,1-3H3. The fraction of sp³-hybridized carbons (Fsp3) is 0.423. The van der Waals surface area contributed by atoms with Crippen molar-refractivity contribution in [2.75, 3.05) is 20.6 Å². The molecule has 1 fully saturated rings. The second-order valence-corrected chi connectivity index (χ2v) is 10.2. The lowest BCUT2D eigenvalue weighted by molar-refractivity contribution is 0.101. The molecule has 4 rings (SSSR count). The lowest BCUT2D eigenvalue weighted by Gasteiger charge is -2.30. The van der Waals surface area contributed by atoms with Crippen LogP contribution >= 0.6 is 23.2 Å². The number of hydrogen-bond donors (Lipinski definition) is 1. The van der Waals surface area contributed by atoms with Crippen LogP contribution in [0.1, 0.15) is 48.5 Å². The number of nitrogens with zero attached hydrogens (tertiary/aromatic N) is 3. The number of halogens is 2. The molecule has 0 amide bonds. The maximum absolute atomic E-state index is 12.5. The zero-order valence-corrected chi connectivity index (χ0v) is 20.7. The summed E-state index contributed by atoms with van der Waals surface area (Å²) < 4.78 is 0. The average molecular weight is 486 g/mol. The summed E-state index contributed by atoms with van der Waals surface area (Å²) in [5.74, 6) is 1.12. The molecule has 3 aromatic rings. The zero-order chi connectivity index (χ0) is 23.7. The van der Waals surface area contributed by atoms with Crippen molar-refractivity contribution in [1.82, 2.24) is 14.9 Å². The molecule has 0 saturated heterocycles. The van der Waals surface area contributed by atoms with Gasteiger partial charge in [-0.05, 0) is 94.8 Å². The summed E-state index contributed by atoms with van der Waals surface area (Å²) in [6.45, 7) is 2.72. The van der Waals surface area contributed by atoms with E-state index in [4.69, 9.17) is 28.2 Å². The molecule has 2 heterocycles. The van der Waals surface area contributed by atoms with Crippen LogP contribution in [0.4, 0.5) is 0 Å².